The van der Waals surface area contributed by atoms with Crippen LogP contribution in [0.15, 0.2) is 35.7 Å². The zero-order chi connectivity index (χ0) is 17.2. The maximum Gasteiger partial charge on any atom is 0.273 e. The lowest BCUT2D eigenvalue weighted by molar-refractivity contribution is -0.126. The van der Waals surface area contributed by atoms with Gasteiger partial charge < -0.3 is 10.2 Å². The van der Waals surface area contributed by atoms with Crippen LogP contribution < -0.4 is 5.32 Å². The second-order valence-electron chi connectivity index (χ2n) is 6.78. The van der Waals surface area contributed by atoms with Crippen LogP contribution in [-0.4, -0.2) is 40.8 Å². The molecule has 1 atom stereocenters. The summed E-state index contributed by atoms with van der Waals surface area (Å²) in [5.41, 5.74) is 1.50. The highest BCUT2D eigenvalue weighted by molar-refractivity contribution is 7.13. The van der Waals surface area contributed by atoms with Crippen molar-refractivity contribution in [3.63, 3.8) is 0 Å². The van der Waals surface area contributed by atoms with Gasteiger partial charge in [-0.3, -0.25) is 9.59 Å². The molecular formula is C19H21N3O2S. The Hall–Kier alpha value is -2.21. The molecule has 0 spiro atoms. The molecule has 2 aromatic rings. The van der Waals surface area contributed by atoms with Gasteiger partial charge in [-0.1, -0.05) is 30.3 Å². The molecule has 1 aliphatic carbocycles. The molecule has 2 aliphatic rings. The van der Waals surface area contributed by atoms with E-state index in [1.54, 1.807) is 4.90 Å². The Bertz CT molecular complexity index is 770. The summed E-state index contributed by atoms with van der Waals surface area (Å²) in [6.45, 7) is 1.19. The van der Waals surface area contributed by atoms with Crippen LogP contribution in [0.3, 0.4) is 0 Å². The van der Waals surface area contributed by atoms with Crippen LogP contribution in [0.1, 0.15) is 36.2 Å². The normalized spacial score (nSPS) is 20.3. The van der Waals surface area contributed by atoms with Gasteiger partial charge >= 0.3 is 0 Å². The van der Waals surface area contributed by atoms with Gasteiger partial charge in [-0.15, -0.1) is 11.3 Å². The third kappa shape index (κ3) is 3.74. The molecule has 1 N–H and O–H groups in total. The number of rotatable bonds is 4. The number of hydrogen-bond acceptors (Lipinski definition) is 4. The number of benzene rings is 1. The number of nitrogens with zero attached hydrogens (tertiary/aromatic N) is 2. The Morgan fingerprint density at radius 3 is 2.72 bits per heavy atom. The highest BCUT2D eigenvalue weighted by Crippen LogP contribution is 2.26. The van der Waals surface area contributed by atoms with E-state index in [1.165, 1.54) is 11.3 Å². The molecule has 1 saturated heterocycles. The van der Waals surface area contributed by atoms with Crippen molar-refractivity contribution in [1.29, 1.82) is 0 Å². The fourth-order valence-corrected chi connectivity index (χ4v) is 3.97. The molecule has 1 aromatic heterocycles. The average Bonchev–Trinajstić information content (AvgIpc) is 3.34. The number of amides is 2. The van der Waals surface area contributed by atoms with E-state index in [9.17, 15) is 9.59 Å². The summed E-state index contributed by atoms with van der Waals surface area (Å²) in [5, 5.41) is 5.73. The fourth-order valence-electron chi connectivity index (χ4n) is 3.17. The molecule has 4 rings (SSSR count). The van der Waals surface area contributed by atoms with Crippen LogP contribution in [0.4, 0.5) is 0 Å². The van der Waals surface area contributed by atoms with Gasteiger partial charge in [0, 0.05) is 30.1 Å². The van der Waals surface area contributed by atoms with Crippen LogP contribution in [-0.2, 0) is 4.79 Å². The van der Waals surface area contributed by atoms with Gasteiger partial charge in [-0.05, 0) is 25.7 Å². The molecule has 5 nitrogen and oxygen atoms in total. The highest BCUT2D eigenvalue weighted by atomic mass is 32.1. The van der Waals surface area contributed by atoms with E-state index in [-0.39, 0.29) is 17.7 Å². The van der Waals surface area contributed by atoms with Crippen molar-refractivity contribution in [3.05, 3.63) is 41.4 Å². The van der Waals surface area contributed by atoms with Gasteiger partial charge in [-0.2, -0.15) is 0 Å². The summed E-state index contributed by atoms with van der Waals surface area (Å²) in [4.78, 5) is 31.4. The van der Waals surface area contributed by atoms with Crippen molar-refractivity contribution in [2.75, 3.05) is 13.1 Å². The van der Waals surface area contributed by atoms with Crippen LogP contribution in [0.5, 0.6) is 0 Å². The third-order valence-electron chi connectivity index (χ3n) is 4.75. The number of hydrogen-bond donors (Lipinski definition) is 1. The minimum atomic E-state index is -0.0921. The second-order valence-corrected chi connectivity index (χ2v) is 7.64. The minimum absolute atomic E-state index is 0.0673. The van der Waals surface area contributed by atoms with Crippen LogP contribution >= 0.6 is 11.3 Å². The first-order chi connectivity index (χ1) is 12.2. The molecule has 130 valence electrons. The number of carbonyl (C=O) groups excluding carboxylic acids is 2. The van der Waals surface area contributed by atoms with Crippen LogP contribution in [0.25, 0.3) is 10.6 Å². The maximum absolute atomic E-state index is 12.8. The van der Waals surface area contributed by atoms with Crippen molar-refractivity contribution >= 4 is 23.2 Å². The van der Waals surface area contributed by atoms with Gasteiger partial charge in [0.1, 0.15) is 10.7 Å². The fraction of sp³-hybridized carbons (Fsp3) is 0.421. The molecule has 2 amide bonds. The Kier molecular flexibility index (Phi) is 4.53. The number of piperidine rings is 1. The summed E-state index contributed by atoms with van der Waals surface area (Å²) in [5.74, 6) is -0.0591. The highest BCUT2D eigenvalue weighted by Gasteiger charge is 2.32. The monoisotopic (exact) mass is 355 g/mol. The van der Waals surface area contributed by atoms with E-state index in [4.69, 9.17) is 0 Å². The lowest BCUT2D eigenvalue weighted by Crippen LogP contribution is -2.46. The quantitative estimate of drug-likeness (QED) is 0.917. The first kappa shape index (κ1) is 16.3. The van der Waals surface area contributed by atoms with Crippen molar-refractivity contribution < 1.29 is 9.59 Å². The van der Waals surface area contributed by atoms with E-state index >= 15 is 0 Å². The Morgan fingerprint density at radius 1 is 1.16 bits per heavy atom. The Morgan fingerprint density at radius 2 is 1.96 bits per heavy atom. The van der Waals surface area contributed by atoms with E-state index in [0.717, 1.165) is 36.3 Å². The first-order valence-corrected chi connectivity index (χ1v) is 9.69. The summed E-state index contributed by atoms with van der Waals surface area (Å²) < 4.78 is 0. The van der Waals surface area contributed by atoms with Gasteiger partial charge in [0.25, 0.3) is 5.91 Å². The number of likely N-dealkylation sites (tertiary alicyclic amines) is 1. The van der Waals surface area contributed by atoms with Gasteiger partial charge in [0.15, 0.2) is 0 Å². The molecule has 1 aliphatic heterocycles. The summed E-state index contributed by atoms with van der Waals surface area (Å²) >= 11 is 1.48. The predicted octanol–water partition coefficient (Wildman–Crippen LogP) is 2.94. The lowest BCUT2D eigenvalue weighted by Gasteiger charge is -2.31. The van der Waals surface area contributed by atoms with Crippen LogP contribution in [0, 0.1) is 5.92 Å². The average molecular weight is 355 g/mol. The van der Waals surface area contributed by atoms with Gasteiger partial charge in [0.2, 0.25) is 5.91 Å². The third-order valence-corrected chi connectivity index (χ3v) is 5.64. The van der Waals surface area contributed by atoms with E-state index in [1.807, 2.05) is 35.7 Å². The molecule has 2 fully saturated rings. The largest absolute Gasteiger partial charge is 0.353 e. The van der Waals surface area contributed by atoms with E-state index in [2.05, 4.69) is 10.3 Å². The second kappa shape index (κ2) is 6.96. The minimum Gasteiger partial charge on any atom is -0.353 e. The van der Waals surface area contributed by atoms with Crippen molar-refractivity contribution in [2.24, 2.45) is 5.92 Å². The molecular weight excluding hydrogens is 334 g/mol. The van der Waals surface area contributed by atoms with Crippen molar-refractivity contribution in [2.45, 2.75) is 31.7 Å². The molecule has 0 bridgehead atoms. The number of nitrogens with one attached hydrogen (secondary N) is 1. The lowest BCUT2D eigenvalue weighted by atomic mass is 9.97. The van der Waals surface area contributed by atoms with E-state index in [0.29, 0.717) is 24.8 Å². The SMILES string of the molecule is O=C(NC1CC1)[C@@H]1CCCN(C(=O)c2csc(-c3ccccc3)n2)C1. The summed E-state index contributed by atoms with van der Waals surface area (Å²) in [7, 11) is 0. The molecule has 0 radical (unpaired) electrons. The molecule has 6 heteroatoms. The smallest absolute Gasteiger partial charge is 0.273 e. The number of thiazole rings is 1. The van der Waals surface area contributed by atoms with Crippen molar-refractivity contribution in [3.8, 4) is 10.6 Å². The Labute approximate surface area is 151 Å². The molecule has 2 heterocycles. The predicted molar refractivity (Wildman–Crippen MR) is 97.3 cm³/mol. The van der Waals surface area contributed by atoms with Gasteiger partial charge in [0.05, 0.1) is 5.92 Å². The van der Waals surface area contributed by atoms with Crippen molar-refractivity contribution in [1.82, 2.24) is 15.2 Å². The zero-order valence-electron chi connectivity index (χ0n) is 14.0. The summed E-state index contributed by atoms with van der Waals surface area (Å²) in [6, 6.07) is 10.2. The molecule has 0 unspecified atom stereocenters. The molecule has 1 saturated carbocycles. The number of carbonyl (C=O) groups is 2. The maximum atomic E-state index is 12.8. The molecule has 1 aromatic carbocycles. The Balaban J connectivity index is 1.43. The topological polar surface area (TPSA) is 62.3 Å². The summed E-state index contributed by atoms with van der Waals surface area (Å²) in [6.07, 6.45) is 3.89. The van der Waals surface area contributed by atoms with Crippen LogP contribution in [0.2, 0.25) is 0 Å². The number of aromatic nitrogens is 1. The standard InChI is InChI=1S/C19H21N3O2S/c23-17(20-15-8-9-15)14-7-4-10-22(11-14)19(24)16-12-25-18(21-16)13-5-2-1-3-6-13/h1-3,5-6,12,14-15H,4,7-11H2,(H,20,23)/t14-/m1/s1. The first-order valence-electron chi connectivity index (χ1n) is 8.81. The van der Waals surface area contributed by atoms with Gasteiger partial charge in [-0.25, -0.2) is 4.98 Å². The molecule has 25 heavy (non-hydrogen) atoms. The zero-order valence-corrected chi connectivity index (χ0v) is 14.8. The van der Waals surface area contributed by atoms with E-state index < -0.39 is 0 Å².